The lowest BCUT2D eigenvalue weighted by molar-refractivity contribution is 0.304. The van der Waals surface area contributed by atoms with Crippen LogP contribution in [0.3, 0.4) is 0 Å². The Labute approximate surface area is 512 Å². The zero-order chi connectivity index (χ0) is 58.9. The van der Waals surface area contributed by atoms with Gasteiger partial charge in [0.15, 0.2) is 0 Å². The highest BCUT2D eigenvalue weighted by molar-refractivity contribution is 6.09. The van der Waals surface area contributed by atoms with Crippen LogP contribution < -0.4 is 14.2 Å². The molecule has 0 radical (unpaired) electrons. The molecule has 0 fully saturated rings. The molecular weight excluding hydrogens is 1060 g/mol. The molecular formula is C83H71NO3. The van der Waals surface area contributed by atoms with E-state index in [-0.39, 0.29) is 0 Å². The van der Waals surface area contributed by atoms with E-state index in [1.54, 1.807) is 14.2 Å². The molecule has 0 saturated carbocycles. The number of hydrogen-bond acceptors (Lipinski definition) is 3. The monoisotopic (exact) mass is 1130 g/mol. The van der Waals surface area contributed by atoms with Crippen molar-refractivity contribution in [2.45, 2.75) is 48.5 Å². The van der Waals surface area contributed by atoms with Gasteiger partial charge in [0.05, 0.1) is 37.1 Å². The van der Waals surface area contributed by atoms with Gasteiger partial charge in [-0.25, -0.2) is 0 Å². The second-order valence-corrected chi connectivity index (χ2v) is 22.7. The highest BCUT2D eigenvalue weighted by Crippen LogP contribution is 2.51. The van der Waals surface area contributed by atoms with Crippen LogP contribution in [0.2, 0.25) is 0 Å². The molecule has 13 rings (SSSR count). The van der Waals surface area contributed by atoms with E-state index in [1.165, 1.54) is 77.4 Å². The van der Waals surface area contributed by atoms with Crippen molar-refractivity contribution >= 4 is 21.8 Å². The van der Waals surface area contributed by atoms with E-state index >= 15 is 0 Å². The number of fused-ring (bicyclic) bond motifs is 3. The van der Waals surface area contributed by atoms with Crippen molar-refractivity contribution in [1.82, 2.24) is 4.57 Å². The Balaban J connectivity index is 0.858. The second-order valence-electron chi connectivity index (χ2n) is 22.7. The minimum absolute atomic E-state index is 0.498. The van der Waals surface area contributed by atoms with Crippen LogP contribution in [-0.4, -0.2) is 25.4 Å². The van der Waals surface area contributed by atoms with Crippen LogP contribution in [0.1, 0.15) is 92.4 Å². The number of benzene rings is 12. The number of ether oxygens (including phenoxy) is 3. The molecule has 0 atom stereocenters. The lowest BCUT2D eigenvalue weighted by atomic mass is 9.64. The van der Waals surface area contributed by atoms with Crippen LogP contribution in [0.4, 0.5) is 0 Å². The minimum atomic E-state index is -0.670. The van der Waals surface area contributed by atoms with E-state index in [0.29, 0.717) is 6.61 Å². The number of aromatic nitrogens is 1. The Bertz CT molecular complexity index is 3960. The molecule has 0 saturated heterocycles. The summed E-state index contributed by atoms with van der Waals surface area (Å²) >= 11 is 0. The van der Waals surface area contributed by atoms with E-state index < -0.39 is 16.2 Å². The Morgan fingerprint density at radius 2 is 0.506 bits per heavy atom. The second kappa shape index (κ2) is 25.2. The molecule has 12 aromatic carbocycles. The first kappa shape index (κ1) is 56.0. The highest BCUT2D eigenvalue weighted by Gasteiger charge is 2.42. The minimum Gasteiger partial charge on any atom is -0.497 e. The van der Waals surface area contributed by atoms with E-state index in [4.69, 9.17) is 14.2 Å². The molecule has 426 valence electrons. The topological polar surface area (TPSA) is 32.6 Å². The molecule has 4 nitrogen and oxygen atoms in total. The fourth-order valence-corrected chi connectivity index (χ4v) is 14.0. The van der Waals surface area contributed by atoms with Crippen molar-refractivity contribution in [2.24, 2.45) is 0 Å². The van der Waals surface area contributed by atoms with E-state index in [2.05, 4.69) is 326 Å². The molecule has 0 aliphatic carbocycles. The Morgan fingerprint density at radius 1 is 0.253 bits per heavy atom. The predicted molar refractivity (Wildman–Crippen MR) is 358 cm³/mol. The van der Waals surface area contributed by atoms with Crippen molar-refractivity contribution in [3.05, 3.63) is 388 Å². The molecule has 4 heteroatoms. The van der Waals surface area contributed by atoms with Crippen LogP contribution in [-0.2, 0) is 22.8 Å². The lowest BCUT2D eigenvalue weighted by Crippen LogP contribution is -2.31. The molecule has 0 amide bonds. The van der Waals surface area contributed by atoms with Crippen LogP contribution in [0.5, 0.6) is 17.2 Å². The SMILES string of the molecule is COc1ccc(C(c2ccccc2)(c2ccccc2)c2ccc3c(c2)c2cc(C(c4ccccc4)(c4ccccc4)c4ccc(OC)cc4)ccc2n3CCCCCCOc2ccc(C(c3ccccc3)(c3ccccc3)c3ccccc3)cc2)cc1. The van der Waals surface area contributed by atoms with Gasteiger partial charge >= 0.3 is 0 Å². The maximum absolute atomic E-state index is 6.53. The van der Waals surface area contributed by atoms with E-state index in [9.17, 15) is 0 Å². The van der Waals surface area contributed by atoms with Crippen molar-refractivity contribution < 1.29 is 14.2 Å². The summed E-state index contributed by atoms with van der Waals surface area (Å²) in [5, 5.41) is 2.43. The lowest BCUT2D eigenvalue weighted by Gasteiger charge is -2.37. The van der Waals surface area contributed by atoms with Gasteiger partial charge in [0.1, 0.15) is 17.2 Å². The first-order valence-corrected chi connectivity index (χ1v) is 30.5. The molecule has 0 bridgehead atoms. The Morgan fingerprint density at radius 3 is 0.805 bits per heavy atom. The molecule has 1 aromatic heterocycles. The molecule has 13 aromatic rings. The summed E-state index contributed by atoms with van der Waals surface area (Å²) in [6.07, 6.45) is 4.10. The summed E-state index contributed by atoms with van der Waals surface area (Å²) in [5.74, 6) is 2.53. The van der Waals surface area contributed by atoms with Crippen LogP contribution in [0, 0.1) is 0 Å². The maximum Gasteiger partial charge on any atom is 0.119 e. The van der Waals surface area contributed by atoms with Crippen molar-refractivity contribution in [3.63, 3.8) is 0 Å². The standard InChI is InChI=1S/C83H71NO3/c1-85-74-50-42-70(43-51-74)82(65-34-18-8-19-35-65,66-36-20-9-21-37-66)72-48-56-79-77(60-72)78-61-73(83(67-38-22-10-23-39-67,68-40-24-11-25-41-68)71-44-52-75(86-2)53-45-71)49-57-80(78)84(79)58-26-3-4-27-59-87-76-54-46-69(47-55-76)81(62-28-12-5-13-29-62,63-30-14-6-15-31-63)64-32-16-7-17-33-64/h5-25,28-57,60-61H,3-4,26-27,58-59H2,1-2H3. The summed E-state index contributed by atoms with van der Waals surface area (Å²) in [4.78, 5) is 0. The van der Waals surface area contributed by atoms with Gasteiger partial charge in [-0.2, -0.15) is 0 Å². The molecule has 0 aliphatic rings. The Hall–Kier alpha value is -10.2. The van der Waals surface area contributed by atoms with E-state index in [0.717, 1.165) is 60.6 Å². The van der Waals surface area contributed by atoms with Gasteiger partial charge < -0.3 is 18.8 Å². The number of rotatable bonds is 22. The third-order valence-corrected chi connectivity index (χ3v) is 18.1. The maximum atomic E-state index is 6.53. The Kier molecular flexibility index (Phi) is 16.2. The summed E-state index contributed by atoms with van der Waals surface area (Å²) < 4.78 is 20.6. The number of unbranched alkanes of at least 4 members (excludes halogenated alkanes) is 3. The average molecular weight is 1130 g/mol. The highest BCUT2D eigenvalue weighted by atomic mass is 16.5. The third-order valence-electron chi connectivity index (χ3n) is 18.1. The van der Waals surface area contributed by atoms with Crippen LogP contribution in [0.25, 0.3) is 21.8 Å². The largest absolute Gasteiger partial charge is 0.497 e. The molecule has 87 heavy (non-hydrogen) atoms. The summed E-state index contributed by atoms with van der Waals surface area (Å²) in [6, 6.07) is 117. The normalized spacial score (nSPS) is 11.8. The van der Waals surface area contributed by atoms with Gasteiger partial charge in [-0.1, -0.05) is 274 Å². The fourth-order valence-electron chi connectivity index (χ4n) is 14.0. The van der Waals surface area contributed by atoms with Crippen molar-refractivity contribution in [1.29, 1.82) is 0 Å². The third kappa shape index (κ3) is 10.4. The predicted octanol–water partition coefficient (Wildman–Crippen LogP) is 19.6. The number of nitrogens with zero attached hydrogens (tertiary/aromatic N) is 1. The molecule has 0 N–H and O–H groups in total. The van der Waals surface area contributed by atoms with E-state index in [1.807, 2.05) is 0 Å². The summed E-state index contributed by atoms with van der Waals surface area (Å²) in [6.45, 7) is 1.52. The van der Waals surface area contributed by atoms with Gasteiger partial charge in [0.25, 0.3) is 0 Å². The molecule has 0 unspecified atom stereocenters. The smallest absolute Gasteiger partial charge is 0.119 e. The zero-order valence-corrected chi connectivity index (χ0v) is 49.5. The molecule has 1 heterocycles. The van der Waals surface area contributed by atoms with Gasteiger partial charge in [0, 0.05) is 28.4 Å². The summed E-state index contributed by atoms with van der Waals surface area (Å²) in [5.41, 5.74) is 14.9. The van der Waals surface area contributed by atoms with Crippen molar-refractivity contribution in [3.8, 4) is 17.2 Å². The number of methoxy groups -OCH3 is 2. The molecule has 0 aliphatic heterocycles. The first-order valence-electron chi connectivity index (χ1n) is 30.5. The van der Waals surface area contributed by atoms with Gasteiger partial charge in [-0.3, -0.25) is 0 Å². The first-order chi connectivity index (χ1) is 43.1. The number of hydrogen-bond donors (Lipinski definition) is 0. The number of aryl methyl sites for hydroxylation is 1. The van der Waals surface area contributed by atoms with Crippen molar-refractivity contribution in [2.75, 3.05) is 20.8 Å². The van der Waals surface area contributed by atoms with Crippen LogP contribution in [0.15, 0.2) is 322 Å². The quantitative estimate of drug-likeness (QED) is 0.0501. The van der Waals surface area contributed by atoms with Gasteiger partial charge in [-0.15, -0.1) is 0 Å². The molecule has 0 spiro atoms. The average Bonchev–Trinajstić information content (AvgIpc) is 1.81. The summed E-state index contributed by atoms with van der Waals surface area (Å²) in [7, 11) is 3.47. The van der Waals surface area contributed by atoms with Gasteiger partial charge in [-0.05, 0) is 140 Å². The van der Waals surface area contributed by atoms with Crippen LogP contribution >= 0.6 is 0 Å². The zero-order valence-electron chi connectivity index (χ0n) is 49.5. The fraction of sp³-hybridized carbons (Fsp3) is 0.133. The van der Waals surface area contributed by atoms with Gasteiger partial charge in [0.2, 0.25) is 0 Å².